The van der Waals surface area contributed by atoms with Crippen LogP contribution in [0.1, 0.15) is 31.5 Å². The Morgan fingerprint density at radius 3 is 2.72 bits per heavy atom. The second-order valence-corrected chi connectivity index (χ2v) is 5.52. The number of hydrogen-bond acceptors (Lipinski definition) is 4. The summed E-state index contributed by atoms with van der Waals surface area (Å²) in [7, 11) is 3.60. The first-order valence-electron chi connectivity index (χ1n) is 6.14. The molecule has 0 aliphatic heterocycles. The van der Waals surface area contributed by atoms with Crippen LogP contribution in [0.2, 0.25) is 0 Å². The Kier molecular flexibility index (Phi) is 3.07. The van der Waals surface area contributed by atoms with Gasteiger partial charge in [-0.3, -0.25) is 4.68 Å². The fraction of sp³-hybridized carbons (Fsp3) is 0.692. The van der Waals surface area contributed by atoms with E-state index in [-0.39, 0.29) is 11.5 Å². The number of aromatic nitrogens is 2. The molecule has 1 fully saturated rings. The molecule has 1 heterocycles. The molecule has 0 amide bonds. The predicted molar refractivity (Wildman–Crippen MR) is 69.3 cm³/mol. The molecule has 2 unspecified atom stereocenters. The standard InChI is InChI=1S/C13H20N4O/c1-8-9(7-14)12(17(4)16-8)15-10-6-11(18-5)13(10,2)3/h10-11,15H,6H2,1-5H3. The minimum absolute atomic E-state index is 0.0691. The molecule has 98 valence electrons. The molecule has 1 aromatic heterocycles. The van der Waals surface area contributed by atoms with E-state index < -0.39 is 0 Å². The van der Waals surface area contributed by atoms with Gasteiger partial charge in [0.2, 0.25) is 0 Å². The third-order valence-electron chi connectivity index (χ3n) is 4.11. The Hall–Kier alpha value is -1.54. The molecule has 0 aromatic carbocycles. The van der Waals surface area contributed by atoms with Crippen molar-refractivity contribution in [3.05, 3.63) is 11.3 Å². The average molecular weight is 248 g/mol. The Morgan fingerprint density at radius 2 is 2.22 bits per heavy atom. The minimum Gasteiger partial charge on any atom is -0.381 e. The fourth-order valence-electron chi connectivity index (χ4n) is 2.65. The molecule has 1 saturated carbocycles. The maximum Gasteiger partial charge on any atom is 0.142 e. The SMILES string of the molecule is COC1CC(Nc2c(C#N)c(C)nn2C)C1(C)C. The normalized spacial score (nSPS) is 25.3. The highest BCUT2D eigenvalue weighted by Crippen LogP contribution is 2.44. The molecule has 18 heavy (non-hydrogen) atoms. The number of aryl methyl sites for hydroxylation is 2. The number of nitrogens with zero attached hydrogens (tertiary/aromatic N) is 3. The Bertz CT molecular complexity index is 498. The molecule has 0 saturated heterocycles. The van der Waals surface area contributed by atoms with E-state index in [4.69, 9.17) is 4.74 Å². The van der Waals surface area contributed by atoms with Gasteiger partial charge in [-0.1, -0.05) is 13.8 Å². The summed E-state index contributed by atoms with van der Waals surface area (Å²) >= 11 is 0. The van der Waals surface area contributed by atoms with Gasteiger partial charge in [0.15, 0.2) is 0 Å². The van der Waals surface area contributed by atoms with Crippen LogP contribution in [0.4, 0.5) is 5.82 Å². The molecule has 1 aliphatic carbocycles. The quantitative estimate of drug-likeness (QED) is 0.886. The lowest BCUT2D eigenvalue weighted by atomic mass is 9.64. The molecule has 0 bridgehead atoms. The summed E-state index contributed by atoms with van der Waals surface area (Å²) in [6.07, 6.45) is 1.23. The first-order valence-corrected chi connectivity index (χ1v) is 6.14. The van der Waals surface area contributed by atoms with Crippen LogP contribution in [-0.4, -0.2) is 29.0 Å². The Morgan fingerprint density at radius 1 is 1.56 bits per heavy atom. The third-order valence-corrected chi connectivity index (χ3v) is 4.11. The molecular weight excluding hydrogens is 228 g/mol. The van der Waals surface area contributed by atoms with Gasteiger partial charge < -0.3 is 10.1 Å². The van der Waals surface area contributed by atoms with Gasteiger partial charge in [-0.05, 0) is 13.3 Å². The molecule has 1 aromatic rings. The zero-order valence-corrected chi connectivity index (χ0v) is 11.6. The number of hydrogen-bond donors (Lipinski definition) is 1. The van der Waals surface area contributed by atoms with Crippen molar-refractivity contribution in [1.82, 2.24) is 9.78 Å². The van der Waals surface area contributed by atoms with Crippen molar-refractivity contribution in [3.63, 3.8) is 0 Å². The van der Waals surface area contributed by atoms with Crippen LogP contribution in [0.25, 0.3) is 0 Å². The van der Waals surface area contributed by atoms with Gasteiger partial charge in [0.05, 0.1) is 11.8 Å². The van der Waals surface area contributed by atoms with Crippen LogP contribution in [0, 0.1) is 23.7 Å². The summed E-state index contributed by atoms with van der Waals surface area (Å²) in [6.45, 7) is 6.21. The maximum absolute atomic E-state index is 9.18. The molecular formula is C13H20N4O. The van der Waals surface area contributed by atoms with Crippen molar-refractivity contribution in [2.45, 2.75) is 39.3 Å². The summed E-state index contributed by atoms with van der Waals surface area (Å²) < 4.78 is 7.17. The number of nitriles is 1. The van der Waals surface area contributed by atoms with E-state index in [0.29, 0.717) is 11.6 Å². The van der Waals surface area contributed by atoms with Gasteiger partial charge in [0.1, 0.15) is 17.5 Å². The van der Waals surface area contributed by atoms with Crippen molar-refractivity contribution in [3.8, 4) is 6.07 Å². The minimum atomic E-state index is 0.0691. The van der Waals surface area contributed by atoms with Crippen molar-refractivity contribution in [2.24, 2.45) is 12.5 Å². The number of ether oxygens (including phenoxy) is 1. The largest absolute Gasteiger partial charge is 0.381 e. The second-order valence-electron chi connectivity index (χ2n) is 5.52. The highest BCUT2D eigenvalue weighted by atomic mass is 16.5. The smallest absolute Gasteiger partial charge is 0.142 e. The van der Waals surface area contributed by atoms with E-state index in [2.05, 4.69) is 30.3 Å². The Labute approximate surface area is 108 Å². The lowest BCUT2D eigenvalue weighted by molar-refractivity contribution is -0.0796. The van der Waals surface area contributed by atoms with Crippen molar-refractivity contribution in [1.29, 1.82) is 5.26 Å². The summed E-state index contributed by atoms with van der Waals surface area (Å²) in [4.78, 5) is 0. The van der Waals surface area contributed by atoms with Gasteiger partial charge in [-0.15, -0.1) is 0 Å². The highest BCUT2D eigenvalue weighted by molar-refractivity contribution is 5.56. The molecule has 0 spiro atoms. The number of nitrogens with one attached hydrogen (secondary N) is 1. The van der Waals surface area contributed by atoms with Gasteiger partial charge in [-0.25, -0.2) is 0 Å². The number of rotatable bonds is 3. The molecule has 1 aliphatic rings. The monoisotopic (exact) mass is 248 g/mol. The van der Waals surface area contributed by atoms with Crippen LogP contribution in [-0.2, 0) is 11.8 Å². The van der Waals surface area contributed by atoms with Crippen LogP contribution in [0.5, 0.6) is 0 Å². The summed E-state index contributed by atoms with van der Waals surface area (Å²) in [5.41, 5.74) is 1.47. The van der Waals surface area contributed by atoms with E-state index in [1.807, 2.05) is 14.0 Å². The van der Waals surface area contributed by atoms with Crippen LogP contribution >= 0.6 is 0 Å². The molecule has 5 nitrogen and oxygen atoms in total. The molecule has 0 radical (unpaired) electrons. The van der Waals surface area contributed by atoms with Crippen molar-refractivity contribution >= 4 is 5.82 Å². The summed E-state index contributed by atoms with van der Waals surface area (Å²) in [5, 5.41) is 16.9. The van der Waals surface area contributed by atoms with E-state index in [1.165, 1.54) is 0 Å². The van der Waals surface area contributed by atoms with Gasteiger partial charge in [0, 0.05) is 25.6 Å². The zero-order chi connectivity index (χ0) is 13.5. The average Bonchev–Trinajstić information content (AvgIpc) is 2.58. The molecule has 1 N–H and O–H groups in total. The first kappa shape index (κ1) is 12.9. The first-order chi connectivity index (χ1) is 8.41. The van der Waals surface area contributed by atoms with Gasteiger partial charge in [-0.2, -0.15) is 10.4 Å². The van der Waals surface area contributed by atoms with Crippen LogP contribution < -0.4 is 5.32 Å². The molecule has 2 rings (SSSR count). The van der Waals surface area contributed by atoms with E-state index in [0.717, 1.165) is 17.9 Å². The predicted octanol–water partition coefficient (Wildman–Crippen LogP) is 1.83. The zero-order valence-electron chi connectivity index (χ0n) is 11.6. The molecule has 5 heteroatoms. The van der Waals surface area contributed by atoms with Crippen molar-refractivity contribution < 1.29 is 4.74 Å². The van der Waals surface area contributed by atoms with E-state index in [1.54, 1.807) is 11.8 Å². The lowest BCUT2D eigenvalue weighted by Crippen LogP contribution is -2.57. The van der Waals surface area contributed by atoms with Gasteiger partial charge in [0.25, 0.3) is 0 Å². The Balaban J connectivity index is 2.20. The van der Waals surface area contributed by atoms with Gasteiger partial charge >= 0.3 is 0 Å². The fourth-order valence-corrected chi connectivity index (χ4v) is 2.65. The topological polar surface area (TPSA) is 62.9 Å². The lowest BCUT2D eigenvalue weighted by Gasteiger charge is -2.51. The second kappa shape index (κ2) is 4.29. The molecule has 2 atom stereocenters. The van der Waals surface area contributed by atoms with Crippen LogP contribution in [0.3, 0.4) is 0 Å². The van der Waals surface area contributed by atoms with Crippen LogP contribution in [0.15, 0.2) is 0 Å². The van der Waals surface area contributed by atoms with Crippen molar-refractivity contribution in [2.75, 3.05) is 12.4 Å². The summed E-state index contributed by atoms with van der Waals surface area (Å²) in [6, 6.07) is 2.52. The number of anilines is 1. The third kappa shape index (κ3) is 1.77. The maximum atomic E-state index is 9.18. The number of methoxy groups -OCH3 is 1. The van der Waals surface area contributed by atoms with E-state index in [9.17, 15) is 5.26 Å². The summed E-state index contributed by atoms with van der Waals surface area (Å²) in [5.74, 6) is 0.808. The van der Waals surface area contributed by atoms with E-state index >= 15 is 0 Å². The highest BCUT2D eigenvalue weighted by Gasteiger charge is 2.49.